The minimum atomic E-state index is -0.0333. The Morgan fingerprint density at radius 3 is 2.38 bits per heavy atom. The van der Waals surface area contributed by atoms with Gasteiger partial charge in [-0.25, -0.2) is 4.99 Å². The maximum Gasteiger partial charge on any atom is 0.253 e. The Balaban J connectivity index is 0.00000961. The van der Waals surface area contributed by atoms with Crippen molar-refractivity contribution < 1.29 is 9.59 Å². The fourth-order valence-electron chi connectivity index (χ4n) is 3.09. The molecule has 8 heteroatoms. The van der Waals surface area contributed by atoms with Crippen LogP contribution in [-0.4, -0.2) is 75.4 Å². The molecule has 0 radical (unpaired) electrons. The molecular weight excluding hydrogens is 517 g/mol. The number of unbranched alkanes of at least 4 members (excludes halogenated alkanes) is 1. The van der Waals surface area contributed by atoms with Crippen molar-refractivity contribution in [3.05, 3.63) is 35.4 Å². The van der Waals surface area contributed by atoms with E-state index >= 15 is 0 Å². The smallest absolute Gasteiger partial charge is 0.253 e. The van der Waals surface area contributed by atoms with E-state index in [9.17, 15) is 9.59 Å². The van der Waals surface area contributed by atoms with Gasteiger partial charge in [-0.05, 0) is 36.5 Å². The number of hydrogen-bond acceptors (Lipinski definition) is 3. The van der Waals surface area contributed by atoms with E-state index in [4.69, 9.17) is 0 Å². The van der Waals surface area contributed by atoms with E-state index in [1.807, 2.05) is 24.3 Å². The fourth-order valence-corrected chi connectivity index (χ4v) is 3.09. The molecule has 182 valence electrons. The van der Waals surface area contributed by atoms with E-state index in [1.54, 1.807) is 38.0 Å². The number of amides is 2. The van der Waals surface area contributed by atoms with Crippen LogP contribution in [0, 0.1) is 5.92 Å². The predicted octanol–water partition coefficient (Wildman–Crippen LogP) is 3.39. The van der Waals surface area contributed by atoms with Crippen LogP contribution in [0.15, 0.2) is 29.3 Å². The van der Waals surface area contributed by atoms with Crippen molar-refractivity contribution in [1.82, 2.24) is 20.4 Å². The number of rotatable bonds is 12. The molecule has 1 aromatic carbocycles. The van der Waals surface area contributed by atoms with Crippen molar-refractivity contribution in [2.75, 3.05) is 47.8 Å². The van der Waals surface area contributed by atoms with Gasteiger partial charge in [0.1, 0.15) is 6.54 Å². The lowest BCUT2D eigenvalue weighted by Crippen LogP contribution is -2.41. The van der Waals surface area contributed by atoms with Crippen LogP contribution in [0.4, 0.5) is 0 Å². The average Bonchev–Trinajstić information content (AvgIpc) is 2.76. The van der Waals surface area contributed by atoms with Crippen LogP contribution in [-0.2, 0) is 11.2 Å². The van der Waals surface area contributed by atoms with Gasteiger partial charge >= 0.3 is 0 Å². The van der Waals surface area contributed by atoms with Gasteiger partial charge in [0.05, 0.1) is 0 Å². The molecule has 7 nitrogen and oxygen atoms in total. The SMILES string of the molecule is CCCCC(CC)CNC(=NCC(=O)N(C)C)NCCc1cccc(C(=O)N(C)C)c1.I. The normalized spacial score (nSPS) is 11.9. The maximum atomic E-state index is 12.2. The summed E-state index contributed by atoms with van der Waals surface area (Å²) in [5.41, 5.74) is 1.77. The van der Waals surface area contributed by atoms with Gasteiger partial charge < -0.3 is 20.4 Å². The van der Waals surface area contributed by atoms with Gasteiger partial charge in [0.25, 0.3) is 5.91 Å². The molecule has 2 amide bonds. The van der Waals surface area contributed by atoms with Crippen molar-refractivity contribution in [3.8, 4) is 0 Å². The quantitative estimate of drug-likeness (QED) is 0.234. The number of likely N-dealkylation sites (N-methyl/N-ethyl adjacent to an activating group) is 1. The van der Waals surface area contributed by atoms with Crippen LogP contribution in [0.1, 0.15) is 55.5 Å². The molecule has 0 saturated heterocycles. The van der Waals surface area contributed by atoms with Crippen LogP contribution in [0.25, 0.3) is 0 Å². The summed E-state index contributed by atoms with van der Waals surface area (Å²) in [6.07, 6.45) is 5.48. The van der Waals surface area contributed by atoms with Crippen molar-refractivity contribution in [1.29, 1.82) is 0 Å². The third-order valence-electron chi connectivity index (χ3n) is 5.26. The first-order valence-electron chi connectivity index (χ1n) is 11.3. The highest BCUT2D eigenvalue weighted by molar-refractivity contribution is 14.0. The molecule has 0 spiro atoms. The number of nitrogens with zero attached hydrogens (tertiary/aromatic N) is 3. The zero-order valence-electron chi connectivity index (χ0n) is 20.6. The predicted molar refractivity (Wildman–Crippen MR) is 144 cm³/mol. The maximum absolute atomic E-state index is 12.2. The number of halogens is 1. The number of benzene rings is 1. The standard InChI is InChI=1S/C24H41N5O2.HI/c1-7-9-11-19(8-2)17-26-24(27-18-22(30)28(3)4)25-15-14-20-12-10-13-21(16-20)23(31)29(5)6;/h10,12-13,16,19H,7-9,11,14-15,17-18H2,1-6H3,(H2,25,26,27);1H. The summed E-state index contributed by atoms with van der Waals surface area (Å²) in [6.45, 7) is 6.03. The summed E-state index contributed by atoms with van der Waals surface area (Å²) in [5, 5.41) is 6.75. The van der Waals surface area contributed by atoms with E-state index < -0.39 is 0 Å². The van der Waals surface area contributed by atoms with Crippen molar-refractivity contribution in [3.63, 3.8) is 0 Å². The Hall–Kier alpha value is -1.84. The molecule has 0 heterocycles. The van der Waals surface area contributed by atoms with Gasteiger partial charge in [-0.1, -0.05) is 45.2 Å². The minimum Gasteiger partial charge on any atom is -0.356 e. The molecule has 1 atom stereocenters. The highest BCUT2D eigenvalue weighted by Crippen LogP contribution is 2.11. The Morgan fingerprint density at radius 2 is 1.78 bits per heavy atom. The van der Waals surface area contributed by atoms with Crippen LogP contribution < -0.4 is 10.6 Å². The molecule has 32 heavy (non-hydrogen) atoms. The van der Waals surface area contributed by atoms with Crippen LogP contribution >= 0.6 is 24.0 Å². The first-order chi connectivity index (χ1) is 14.8. The molecule has 1 unspecified atom stereocenters. The fraction of sp³-hybridized carbons (Fsp3) is 0.625. The summed E-state index contributed by atoms with van der Waals surface area (Å²) in [7, 11) is 6.98. The lowest BCUT2D eigenvalue weighted by atomic mass is 9.99. The van der Waals surface area contributed by atoms with E-state index in [0.29, 0.717) is 24.0 Å². The molecule has 0 saturated carbocycles. The van der Waals surface area contributed by atoms with Gasteiger partial charge in [-0.2, -0.15) is 0 Å². The van der Waals surface area contributed by atoms with Crippen molar-refractivity contribution in [2.24, 2.45) is 10.9 Å². The van der Waals surface area contributed by atoms with Crippen molar-refractivity contribution in [2.45, 2.75) is 46.0 Å². The Bertz CT molecular complexity index is 722. The van der Waals surface area contributed by atoms with Crippen molar-refractivity contribution >= 4 is 41.8 Å². The van der Waals surface area contributed by atoms with E-state index in [0.717, 1.165) is 24.9 Å². The Labute approximate surface area is 211 Å². The van der Waals surface area contributed by atoms with Gasteiger partial charge in [-0.15, -0.1) is 24.0 Å². The monoisotopic (exact) mass is 559 g/mol. The number of nitrogens with one attached hydrogen (secondary N) is 2. The summed E-state index contributed by atoms with van der Waals surface area (Å²) >= 11 is 0. The molecule has 0 aromatic heterocycles. The molecule has 2 N–H and O–H groups in total. The summed E-state index contributed by atoms with van der Waals surface area (Å²) in [5.74, 6) is 1.21. The summed E-state index contributed by atoms with van der Waals surface area (Å²) in [6, 6.07) is 7.70. The van der Waals surface area contributed by atoms with E-state index in [-0.39, 0.29) is 42.3 Å². The first kappa shape index (κ1) is 30.2. The summed E-state index contributed by atoms with van der Waals surface area (Å²) in [4.78, 5) is 31.7. The number of aliphatic imine (C=N–C) groups is 1. The van der Waals surface area contributed by atoms with Gasteiger partial charge in [0.15, 0.2) is 5.96 Å². The molecule has 0 aliphatic heterocycles. The molecule has 1 rings (SSSR count). The highest BCUT2D eigenvalue weighted by Gasteiger charge is 2.10. The third kappa shape index (κ3) is 11.7. The van der Waals surface area contributed by atoms with Crippen LogP contribution in [0.5, 0.6) is 0 Å². The molecular formula is C24H42IN5O2. The second-order valence-corrected chi connectivity index (χ2v) is 8.33. The zero-order chi connectivity index (χ0) is 23.2. The second-order valence-electron chi connectivity index (χ2n) is 8.33. The number of carbonyl (C=O) groups excluding carboxylic acids is 2. The third-order valence-corrected chi connectivity index (χ3v) is 5.26. The molecule has 0 aliphatic carbocycles. The van der Waals surface area contributed by atoms with Gasteiger partial charge in [-0.3, -0.25) is 9.59 Å². The summed E-state index contributed by atoms with van der Waals surface area (Å²) < 4.78 is 0. The Kier molecular flexibility index (Phi) is 15.8. The lowest BCUT2D eigenvalue weighted by Gasteiger charge is -2.19. The highest BCUT2D eigenvalue weighted by atomic mass is 127. The first-order valence-corrected chi connectivity index (χ1v) is 11.3. The number of guanidine groups is 1. The molecule has 0 aliphatic rings. The van der Waals surface area contributed by atoms with Crippen LogP contribution in [0.3, 0.4) is 0 Å². The zero-order valence-corrected chi connectivity index (χ0v) is 22.9. The van der Waals surface area contributed by atoms with E-state index in [1.165, 1.54) is 19.3 Å². The topological polar surface area (TPSA) is 77.0 Å². The minimum absolute atomic E-state index is 0. The molecule has 0 fully saturated rings. The largest absolute Gasteiger partial charge is 0.356 e. The number of hydrogen-bond donors (Lipinski definition) is 2. The Morgan fingerprint density at radius 1 is 1.06 bits per heavy atom. The van der Waals surface area contributed by atoms with E-state index in [2.05, 4.69) is 29.5 Å². The van der Waals surface area contributed by atoms with Gasteiger partial charge in [0.2, 0.25) is 5.91 Å². The molecule has 1 aromatic rings. The van der Waals surface area contributed by atoms with Crippen LogP contribution in [0.2, 0.25) is 0 Å². The average molecular weight is 560 g/mol. The lowest BCUT2D eigenvalue weighted by molar-refractivity contribution is -0.127. The molecule has 0 bridgehead atoms. The second kappa shape index (κ2) is 16.7. The number of carbonyl (C=O) groups is 2. The van der Waals surface area contributed by atoms with Gasteiger partial charge in [0, 0.05) is 46.8 Å².